The molecule has 0 saturated heterocycles. The molecule has 24 heavy (non-hydrogen) atoms. The van der Waals surface area contributed by atoms with E-state index in [0.29, 0.717) is 25.3 Å². The zero-order valence-corrected chi connectivity index (χ0v) is 13.6. The average molecular weight is 324 g/mol. The van der Waals surface area contributed by atoms with Crippen LogP contribution in [-0.4, -0.2) is 25.2 Å². The smallest absolute Gasteiger partial charge is 0.229 e. The van der Waals surface area contributed by atoms with Crippen LogP contribution in [0.4, 0.5) is 5.69 Å². The highest BCUT2D eigenvalue weighted by molar-refractivity contribution is 6.00. The van der Waals surface area contributed by atoms with Crippen LogP contribution in [0.15, 0.2) is 36.4 Å². The van der Waals surface area contributed by atoms with E-state index in [2.05, 4.69) is 41.8 Å². The van der Waals surface area contributed by atoms with Crippen molar-refractivity contribution in [2.24, 2.45) is 0 Å². The fourth-order valence-electron chi connectivity index (χ4n) is 3.06. The average Bonchev–Trinajstić information content (AvgIpc) is 2.97. The molecule has 2 aliphatic rings. The molecule has 0 bridgehead atoms. The highest BCUT2D eigenvalue weighted by atomic mass is 16.6. The Kier molecular flexibility index (Phi) is 3.86. The van der Waals surface area contributed by atoms with Gasteiger partial charge in [0.05, 0.1) is 6.42 Å². The Morgan fingerprint density at radius 1 is 1.21 bits per heavy atom. The summed E-state index contributed by atoms with van der Waals surface area (Å²) in [4.78, 5) is 11.6. The molecule has 0 fully saturated rings. The molecule has 5 heteroatoms. The van der Waals surface area contributed by atoms with Gasteiger partial charge in [-0.15, -0.1) is 0 Å². The first-order chi connectivity index (χ1) is 11.7. The maximum absolute atomic E-state index is 11.6. The molecular formula is C19H20N2O3. The van der Waals surface area contributed by atoms with Gasteiger partial charge in [-0.1, -0.05) is 29.8 Å². The van der Waals surface area contributed by atoms with Crippen LogP contribution < -0.4 is 20.1 Å². The second-order valence-electron chi connectivity index (χ2n) is 6.31. The third-order valence-corrected chi connectivity index (χ3v) is 4.37. The van der Waals surface area contributed by atoms with E-state index in [1.807, 2.05) is 12.1 Å². The van der Waals surface area contributed by atoms with E-state index in [9.17, 15) is 4.79 Å². The molecule has 0 aromatic heterocycles. The normalized spacial score (nSPS) is 18.2. The number of anilines is 1. The molecule has 2 aromatic rings. The maximum atomic E-state index is 11.6. The molecule has 124 valence electrons. The number of rotatable bonds is 4. The Balaban J connectivity index is 1.39. The van der Waals surface area contributed by atoms with Gasteiger partial charge in [-0.25, -0.2) is 0 Å². The Bertz CT molecular complexity index is 771. The van der Waals surface area contributed by atoms with Crippen LogP contribution in [0.3, 0.4) is 0 Å². The molecule has 0 radical (unpaired) electrons. The van der Waals surface area contributed by atoms with Gasteiger partial charge in [0.1, 0.15) is 12.7 Å². The van der Waals surface area contributed by atoms with Gasteiger partial charge >= 0.3 is 0 Å². The molecule has 0 spiro atoms. The molecule has 0 aliphatic carbocycles. The molecule has 4 rings (SSSR count). The minimum Gasteiger partial charge on any atom is -0.486 e. The van der Waals surface area contributed by atoms with Crippen molar-refractivity contribution in [3.8, 4) is 11.5 Å². The predicted octanol–water partition coefficient (Wildman–Crippen LogP) is 2.42. The third kappa shape index (κ3) is 2.95. The molecule has 2 aliphatic heterocycles. The predicted molar refractivity (Wildman–Crippen MR) is 91.6 cm³/mol. The van der Waals surface area contributed by atoms with Crippen molar-refractivity contribution in [1.82, 2.24) is 5.32 Å². The van der Waals surface area contributed by atoms with Gasteiger partial charge in [0.25, 0.3) is 0 Å². The summed E-state index contributed by atoms with van der Waals surface area (Å²) in [7, 11) is 0. The molecule has 2 N–H and O–H groups in total. The summed E-state index contributed by atoms with van der Waals surface area (Å²) in [6, 6.07) is 12.2. The second-order valence-corrected chi connectivity index (χ2v) is 6.31. The Labute approximate surface area is 141 Å². The number of carbonyl (C=O) groups excluding carboxylic acids is 1. The molecule has 0 saturated carbocycles. The number of nitrogens with one attached hydrogen (secondary N) is 2. The lowest BCUT2D eigenvalue weighted by Crippen LogP contribution is -2.38. The van der Waals surface area contributed by atoms with E-state index < -0.39 is 0 Å². The van der Waals surface area contributed by atoms with Crippen LogP contribution in [0, 0.1) is 6.92 Å². The van der Waals surface area contributed by atoms with Crippen molar-refractivity contribution in [3.63, 3.8) is 0 Å². The SMILES string of the molecule is Cc1ccc(CNCC2COc3ccc4c(c3O2)CC(=O)N4)cc1. The van der Waals surface area contributed by atoms with E-state index in [4.69, 9.17) is 9.47 Å². The first kappa shape index (κ1) is 15.0. The van der Waals surface area contributed by atoms with E-state index >= 15 is 0 Å². The lowest BCUT2D eigenvalue weighted by molar-refractivity contribution is -0.115. The van der Waals surface area contributed by atoms with Crippen molar-refractivity contribution >= 4 is 11.6 Å². The summed E-state index contributed by atoms with van der Waals surface area (Å²) in [6.07, 6.45) is 0.288. The van der Waals surface area contributed by atoms with Gasteiger partial charge < -0.3 is 20.1 Å². The van der Waals surface area contributed by atoms with Crippen LogP contribution in [0.1, 0.15) is 16.7 Å². The van der Waals surface area contributed by atoms with Crippen molar-refractivity contribution in [2.75, 3.05) is 18.5 Å². The zero-order valence-electron chi connectivity index (χ0n) is 13.6. The Morgan fingerprint density at radius 3 is 2.88 bits per heavy atom. The monoisotopic (exact) mass is 324 g/mol. The summed E-state index contributed by atoms with van der Waals surface area (Å²) in [5, 5.41) is 6.25. The van der Waals surface area contributed by atoms with Crippen molar-refractivity contribution in [2.45, 2.75) is 26.0 Å². The van der Waals surface area contributed by atoms with Crippen LogP contribution in [0.2, 0.25) is 0 Å². The van der Waals surface area contributed by atoms with Crippen LogP contribution >= 0.6 is 0 Å². The second kappa shape index (κ2) is 6.17. The fraction of sp³-hybridized carbons (Fsp3) is 0.316. The van der Waals surface area contributed by atoms with Crippen molar-refractivity contribution in [3.05, 3.63) is 53.1 Å². The highest BCUT2D eigenvalue weighted by Gasteiger charge is 2.29. The molecule has 1 atom stereocenters. The fourth-order valence-corrected chi connectivity index (χ4v) is 3.06. The molecular weight excluding hydrogens is 304 g/mol. The van der Waals surface area contributed by atoms with E-state index in [1.54, 1.807) is 0 Å². The van der Waals surface area contributed by atoms with Gasteiger partial charge in [-0.3, -0.25) is 4.79 Å². The van der Waals surface area contributed by atoms with Crippen molar-refractivity contribution < 1.29 is 14.3 Å². The van der Waals surface area contributed by atoms with Gasteiger partial charge in [0.15, 0.2) is 11.5 Å². The van der Waals surface area contributed by atoms with E-state index in [-0.39, 0.29) is 12.0 Å². The van der Waals surface area contributed by atoms with Crippen LogP contribution in [0.5, 0.6) is 11.5 Å². The number of aryl methyl sites for hydroxylation is 1. The lowest BCUT2D eigenvalue weighted by Gasteiger charge is -2.28. The van der Waals surface area contributed by atoms with Gasteiger partial charge in [0, 0.05) is 24.3 Å². The third-order valence-electron chi connectivity index (χ3n) is 4.37. The number of fused-ring (bicyclic) bond motifs is 3. The first-order valence-corrected chi connectivity index (χ1v) is 8.20. The Morgan fingerprint density at radius 2 is 2.04 bits per heavy atom. The van der Waals surface area contributed by atoms with E-state index in [1.165, 1.54) is 11.1 Å². The summed E-state index contributed by atoms with van der Waals surface area (Å²) in [5.41, 5.74) is 4.24. The van der Waals surface area contributed by atoms with Gasteiger partial charge in [-0.05, 0) is 24.6 Å². The zero-order chi connectivity index (χ0) is 16.5. The number of benzene rings is 2. The molecule has 2 aromatic carbocycles. The minimum absolute atomic E-state index is 0.00150. The minimum atomic E-state index is -0.0647. The summed E-state index contributed by atoms with van der Waals surface area (Å²) >= 11 is 0. The summed E-state index contributed by atoms with van der Waals surface area (Å²) in [5.74, 6) is 1.43. The van der Waals surface area contributed by atoms with Gasteiger partial charge in [-0.2, -0.15) is 0 Å². The number of hydrogen-bond acceptors (Lipinski definition) is 4. The number of hydrogen-bond donors (Lipinski definition) is 2. The summed E-state index contributed by atoms with van der Waals surface area (Å²) in [6.45, 7) is 4.08. The molecule has 1 amide bonds. The highest BCUT2D eigenvalue weighted by Crippen LogP contribution is 2.41. The van der Waals surface area contributed by atoms with Crippen LogP contribution in [-0.2, 0) is 17.8 Å². The van der Waals surface area contributed by atoms with E-state index in [0.717, 1.165) is 23.5 Å². The summed E-state index contributed by atoms with van der Waals surface area (Å²) < 4.78 is 11.9. The standard InChI is InChI=1S/C19H20N2O3/c1-12-2-4-13(5-3-12)9-20-10-14-11-23-17-7-6-16-15(19(17)24-14)8-18(22)21-16/h2-7,14,20H,8-11H2,1H3,(H,21,22). The van der Waals surface area contributed by atoms with Crippen molar-refractivity contribution in [1.29, 1.82) is 0 Å². The quantitative estimate of drug-likeness (QED) is 0.907. The first-order valence-electron chi connectivity index (χ1n) is 8.20. The number of carbonyl (C=O) groups is 1. The largest absolute Gasteiger partial charge is 0.486 e. The maximum Gasteiger partial charge on any atom is 0.229 e. The molecule has 1 unspecified atom stereocenters. The molecule has 5 nitrogen and oxygen atoms in total. The lowest BCUT2D eigenvalue weighted by atomic mass is 10.1. The topological polar surface area (TPSA) is 59.6 Å². The Hall–Kier alpha value is -2.53. The number of ether oxygens (including phenoxy) is 2. The van der Waals surface area contributed by atoms with Crippen LogP contribution in [0.25, 0.3) is 0 Å². The number of amides is 1. The van der Waals surface area contributed by atoms with Gasteiger partial charge in [0.2, 0.25) is 5.91 Å². The molecule has 2 heterocycles.